The molecule has 0 saturated carbocycles. The topological polar surface area (TPSA) is 3.24 Å². The third-order valence-electron chi connectivity index (χ3n) is 1.90. The smallest absolute Gasteiger partial charge is 0.00914 e. The third-order valence-corrected chi connectivity index (χ3v) is 2.42. The van der Waals surface area contributed by atoms with Crippen molar-refractivity contribution in [1.29, 1.82) is 0 Å². The fraction of sp³-hybridized carbons (Fsp3) is 0.333. The summed E-state index contributed by atoms with van der Waals surface area (Å²) in [5.41, 5.74) is 2.82. The Morgan fingerprint density at radius 1 is 1.25 bits per heavy atom. The largest absolute Gasteiger partial charge is 0.272 e. The fourth-order valence-corrected chi connectivity index (χ4v) is 1.40. The van der Waals surface area contributed by atoms with E-state index in [9.17, 15) is 0 Å². The standard InChI is InChI=1S/C9H15NP2/c1-8-4-2-3-5-9(8)6-7-10(11)12/h2-5H,6-7,11-12H2,1H3. The molecule has 0 aliphatic carbocycles. The van der Waals surface area contributed by atoms with Gasteiger partial charge in [0, 0.05) is 6.54 Å². The Labute approximate surface area is 79.1 Å². The molecule has 0 aliphatic heterocycles. The van der Waals surface area contributed by atoms with E-state index in [-0.39, 0.29) is 0 Å². The molecule has 0 bridgehead atoms. The molecule has 0 saturated heterocycles. The van der Waals surface area contributed by atoms with Gasteiger partial charge in [-0.3, -0.25) is 4.44 Å². The Kier molecular flexibility index (Phi) is 4.15. The molecule has 1 aromatic rings. The van der Waals surface area contributed by atoms with E-state index in [1.165, 1.54) is 11.1 Å². The predicted molar refractivity (Wildman–Crippen MR) is 61.0 cm³/mol. The first-order valence-electron chi connectivity index (χ1n) is 4.01. The van der Waals surface area contributed by atoms with E-state index in [0.29, 0.717) is 0 Å². The quantitative estimate of drug-likeness (QED) is 0.676. The number of hydrogen-bond acceptors (Lipinski definition) is 1. The number of hydrogen-bond donors (Lipinski definition) is 0. The first-order chi connectivity index (χ1) is 5.70. The Bertz CT molecular complexity index is 248. The van der Waals surface area contributed by atoms with Crippen LogP contribution in [-0.2, 0) is 6.42 Å². The van der Waals surface area contributed by atoms with Crippen molar-refractivity contribution in [1.82, 2.24) is 4.44 Å². The second kappa shape index (κ2) is 4.92. The van der Waals surface area contributed by atoms with Gasteiger partial charge in [-0.1, -0.05) is 43.0 Å². The lowest BCUT2D eigenvalue weighted by Crippen LogP contribution is -2.03. The fourth-order valence-electron chi connectivity index (χ4n) is 1.14. The van der Waals surface area contributed by atoms with Crippen molar-refractivity contribution in [3.63, 3.8) is 0 Å². The van der Waals surface area contributed by atoms with Crippen molar-refractivity contribution in [2.45, 2.75) is 13.3 Å². The highest BCUT2D eigenvalue weighted by Gasteiger charge is 1.96. The van der Waals surface area contributed by atoms with Gasteiger partial charge in [-0.25, -0.2) is 0 Å². The molecular weight excluding hydrogens is 184 g/mol. The maximum Gasteiger partial charge on any atom is 0.00914 e. The van der Waals surface area contributed by atoms with E-state index >= 15 is 0 Å². The van der Waals surface area contributed by atoms with Gasteiger partial charge < -0.3 is 0 Å². The van der Waals surface area contributed by atoms with Gasteiger partial charge in [0.05, 0.1) is 0 Å². The summed E-state index contributed by atoms with van der Waals surface area (Å²) in [5.74, 6) is 0. The van der Waals surface area contributed by atoms with Crippen molar-refractivity contribution < 1.29 is 0 Å². The van der Waals surface area contributed by atoms with Crippen LogP contribution < -0.4 is 0 Å². The second-order valence-electron chi connectivity index (χ2n) is 2.91. The molecule has 12 heavy (non-hydrogen) atoms. The Morgan fingerprint density at radius 3 is 2.50 bits per heavy atom. The SMILES string of the molecule is Cc1ccccc1CCN(P)P. The van der Waals surface area contributed by atoms with E-state index in [4.69, 9.17) is 0 Å². The zero-order chi connectivity index (χ0) is 8.97. The van der Waals surface area contributed by atoms with Crippen LogP contribution in [0.1, 0.15) is 11.1 Å². The van der Waals surface area contributed by atoms with E-state index in [0.717, 1.165) is 13.0 Å². The van der Waals surface area contributed by atoms with Crippen molar-refractivity contribution in [2.24, 2.45) is 0 Å². The van der Waals surface area contributed by atoms with Gasteiger partial charge >= 0.3 is 0 Å². The molecule has 3 heteroatoms. The minimum absolute atomic E-state index is 1.06. The van der Waals surface area contributed by atoms with Gasteiger partial charge in [0.25, 0.3) is 0 Å². The van der Waals surface area contributed by atoms with Crippen LogP contribution in [-0.4, -0.2) is 11.0 Å². The maximum absolute atomic E-state index is 2.64. The summed E-state index contributed by atoms with van der Waals surface area (Å²) < 4.78 is 2.05. The molecule has 2 atom stereocenters. The lowest BCUT2D eigenvalue weighted by Gasteiger charge is -2.09. The average molecular weight is 199 g/mol. The molecular formula is C9H15NP2. The summed E-state index contributed by atoms with van der Waals surface area (Å²) in [6.07, 6.45) is 1.11. The highest BCUT2D eigenvalue weighted by Crippen LogP contribution is 2.11. The van der Waals surface area contributed by atoms with Gasteiger partial charge in [0.15, 0.2) is 0 Å². The molecule has 1 aromatic carbocycles. The summed E-state index contributed by atoms with van der Waals surface area (Å²) in [6.45, 7) is 3.21. The van der Waals surface area contributed by atoms with Gasteiger partial charge in [-0.2, -0.15) is 0 Å². The molecule has 66 valence electrons. The van der Waals surface area contributed by atoms with Crippen LogP contribution in [0.25, 0.3) is 0 Å². The molecule has 0 amide bonds. The summed E-state index contributed by atoms with van der Waals surface area (Å²) >= 11 is 0. The van der Waals surface area contributed by atoms with Crippen molar-refractivity contribution in [3.8, 4) is 0 Å². The van der Waals surface area contributed by atoms with Crippen molar-refractivity contribution in [3.05, 3.63) is 35.4 Å². The van der Waals surface area contributed by atoms with E-state index in [1.54, 1.807) is 0 Å². The Hall–Kier alpha value is 0.0400. The molecule has 0 heterocycles. The minimum Gasteiger partial charge on any atom is -0.272 e. The molecule has 1 nitrogen and oxygen atoms in total. The highest BCUT2D eigenvalue weighted by atomic mass is 31.1. The van der Waals surface area contributed by atoms with Gasteiger partial charge in [0.2, 0.25) is 0 Å². The predicted octanol–water partition coefficient (Wildman–Crippen LogP) is 2.42. The van der Waals surface area contributed by atoms with Gasteiger partial charge in [0.1, 0.15) is 0 Å². The van der Waals surface area contributed by atoms with Crippen LogP contribution >= 0.6 is 18.8 Å². The zero-order valence-electron chi connectivity index (χ0n) is 7.33. The van der Waals surface area contributed by atoms with Crippen molar-refractivity contribution >= 4 is 18.8 Å². The van der Waals surface area contributed by atoms with Crippen LogP contribution in [0.3, 0.4) is 0 Å². The molecule has 1 rings (SSSR count). The minimum atomic E-state index is 1.06. The van der Waals surface area contributed by atoms with E-state index in [1.807, 2.05) is 4.44 Å². The molecule has 0 aliphatic rings. The highest BCUT2D eigenvalue weighted by molar-refractivity contribution is 7.30. The normalized spacial score (nSPS) is 10.7. The maximum atomic E-state index is 2.64. The van der Waals surface area contributed by atoms with Gasteiger partial charge in [-0.05, 0) is 24.5 Å². The first kappa shape index (κ1) is 10.1. The van der Waals surface area contributed by atoms with Crippen LogP contribution in [0, 0.1) is 6.92 Å². The van der Waals surface area contributed by atoms with E-state index in [2.05, 4.69) is 50.0 Å². The summed E-state index contributed by atoms with van der Waals surface area (Å²) in [7, 11) is 5.28. The number of nitrogens with zero attached hydrogens (tertiary/aromatic N) is 1. The molecule has 2 unspecified atom stereocenters. The number of aryl methyl sites for hydroxylation is 1. The average Bonchev–Trinajstić information content (AvgIpc) is 2.03. The van der Waals surface area contributed by atoms with Crippen molar-refractivity contribution in [2.75, 3.05) is 6.54 Å². The van der Waals surface area contributed by atoms with E-state index < -0.39 is 0 Å². The number of rotatable bonds is 3. The zero-order valence-corrected chi connectivity index (χ0v) is 9.63. The Morgan fingerprint density at radius 2 is 1.92 bits per heavy atom. The van der Waals surface area contributed by atoms with Crippen LogP contribution in [0.2, 0.25) is 0 Å². The molecule has 0 aromatic heterocycles. The Balaban J connectivity index is 2.57. The lowest BCUT2D eigenvalue weighted by atomic mass is 10.1. The third kappa shape index (κ3) is 3.19. The molecule has 0 spiro atoms. The van der Waals surface area contributed by atoms with Crippen LogP contribution in [0.5, 0.6) is 0 Å². The number of benzene rings is 1. The summed E-state index contributed by atoms with van der Waals surface area (Å²) in [6, 6.07) is 8.52. The molecule has 0 N–H and O–H groups in total. The van der Waals surface area contributed by atoms with Gasteiger partial charge in [-0.15, -0.1) is 0 Å². The first-order valence-corrected chi connectivity index (χ1v) is 5.05. The molecule has 0 fully saturated rings. The summed E-state index contributed by atoms with van der Waals surface area (Å²) in [5, 5.41) is 0. The monoisotopic (exact) mass is 199 g/mol. The summed E-state index contributed by atoms with van der Waals surface area (Å²) in [4.78, 5) is 0. The molecule has 0 radical (unpaired) electrons. The van der Waals surface area contributed by atoms with Crippen LogP contribution in [0.15, 0.2) is 24.3 Å². The second-order valence-corrected chi connectivity index (χ2v) is 4.84. The van der Waals surface area contributed by atoms with Crippen LogP contribution in [0.4, 0.5) is 0 Å². The lowest BCUT2D eigenvalue weighted by molar-refractivity contribution is 0.724.